The number of nitrogens with one attached hydrogen (secondary N) is 1. The van der Waals surface area contributed by atoms with Gasteiger partial charge < -0.3 is 11.1 Å². The minimum atomic E-state index is -0.531. The van der Waals surface area contributed by atoms with E-state index in [1.54, 1.807) is 13.2 Å². The summed E-state index contributed by atoms with van der Waals surface area (Å²) < 4.78 is 1.51. The minimum Gasteiger partial charge on any atom is -0.384 e. The fourth-order valence-electron chi connectivity index (χ4n) is 1.65. The summed E-state index contributed by atoms with van der Waals surface area (Å²) >= 11 is 11.7. The average Bonchev–Trinajstić information content (AvgIpc) is 2.71. The summed E-state index contributed by atoms with van der Waals surface area (Å²) in [5, 5.41) is 18.3. The number of nitrogens with two attached hydrogens (primary N) is 1. The van der Waals surface area contributed by atoms with Crippen LogP contribution in [0.4, 0.5) is 17.2 Å². The monoisotopic (exact) mass is 315 g/mol. The van der Waals surface area contributed by atoms with Crippen LogP contribution in [0.1, 0.15) is 5.56 Å². The number of rotatable bonds is 4. The van der Waals surface area contributed by atoms with Crippen molar-refractivity contribution in [3.63, 3.8) is 0 Å². The van der Waals surface area contributed by atoms with Gasteiger partial charge in [0, 0.05) is 25.2 Å². The number of aryl methyl sites for hydroxylation is 1. The summed E-state index contributed by atoms with van der Waals surface area (Å²) in [6.45, 7) is 0.290. The van der Waals surface area contributed by atoms with Crippen molar-refractivity contribution in [1.29, 1.82) is 0 Å². The largest absolute Gasteiger partial charge is 0.384 e. The lowest BCUT2D eigenvalue weighted by atomic mass is 10.2. The summed E-state index contributed by atoms with van der Waals surface area (Å²) in [6.07, 6.45) is 1.59. The van der Waals surface area contributed by atoms with Crippen molar-refractivity contribution in [2.45, 2.75) is 6.54 Å². The zero-order valence-corrected chi connectivity index (χ0v) is 11.9. The van der Waals surface area contributed by atoms with Crippen molar-refractivity contribution in [2.75, 3.05) is 11.1 Å². The predicted octanol–water partition coefficient (Wildman–Crippen LogP) is 2.83. The van der Waals surface area contributed by atoms with E-state index in [2.05, 4.69) is 10.4 Å². The molecule has 9 heteroatoms. The molecule has 0 aliphatic heterocycles. The van der Waals surface area contributed by atoms with Gasteiger partial charge in [0.2, 0.25) is 0 Å². The highest BCUT2D eigenvalue weighted by molar-refractivity contribution is 6.42. The summed E-state index contributed by atoms with van der Waals surface area (Å²) in [5.41, 5.74) is 6.65. The Hall–Kier alpha value is -1.99. The number of nitrogens with zero attached hydrogens (tertiary/aromatic N) is 3. The van der Waals surface area contributed by atoms with Crippen LogP contribution in [0, 0.1) is 10.1 Å². The van der Waals surface area contributed by atoms with Gasteiger partial charge in [0.05, 0.1) is 21.2 Å². The van der Waals surface area contributed by atoms with E-state index in [0.29, 0.717) is 12.4 Å². The van der Waals surface area contributed by atoms with Crippen molar-refractivity contribution < 1.29 is 4.92 Å². The van der Waals surface area contributed by atoms with E-state index in [1.165, 1.54) is 16.8 Å². The summed E-state index contributed by atoms with van der Waals surface area (Å²) in [6, 6.07) is 2.62. The van der Waals surface area contributed by atoms with Gasteiger partial charge >= 0.3 is 0 Å². The van der Waals surface area contributed by atoms with Gasteiger partial charge in [-0.2, -0.15) is 5.10 Å². The third-order valence-electron chi connectivity index (χ3n) is 2.77. The molecule has 106 valence electrons. The number of halogens is 2. The molecule has 0 saturated carbocycles. The first-order chi connectivity index (χ1) is 9.40. The molecule has 1 aromatic carbocycles. The summed E-state index contributed by atoms with van der Waals surface area (Å²) in [7, 11) is 1.71. The molecule has 0 saturated heterocycles. The van der Waals surface area contributed by atoms with E-state index in [0.717, 1.165) is 5.56 Å². The van der Waals surface area contributed by atoms with Gasteiger partial charge in [-0.1, -0.05) is 23.2 Å². The first-order valence-electron chi connectivity index (χ1n) is 5.53. The number of nitro benzene ring substituents is 1. The van der Waals surface area contributed by atoms with Crippen molar-refractivity contribution in [3.8, 4) is 0 Å². The molecule has 1 aromatic heterocycles. The molecule has 0 aliphatic rings. The maximum atomic E-state index is 11.0. The quantitative estimate of drug-likeness (QED) is 0.667. The molecule has 2 rings (SSSR count). The number of aromatic nitrogens is 2. The van der Waals surface area contributed by atoms with E-state index in [9.17, 15) is 10.1 Å². The first-order valence-corrected chi connectivity index (χ1v) is 6.29. The number of anilines is 2. The zero-order chi connectivity index (χ0) is 14.9. The Balaban J connectivity index is 2.27. The standard InChI is InChI=1S/C11H11Cl2N5O2/c1-17-11(14)6(5-16-17)4-15-9-2-7(12)8(13)3-10(9)18(19)20/h2-3,5,15H,4,14H2,1H3. The third-order valence-corrected chi connectivity index (χ3v) is 3.49. The van der Waals surface area contributed by atoms with E-state index in [4.69, 9.17) is 28.9 Å². The molecule has 0 amide bonds. The molecule has 2 aromatic rings. The fourth-order valence-corrected chi connectivity index (χ4v) is 1.97. The lowest BCUT2D eigenvalue weighted by molar-refractivity contribution is -0.383. The zero-order valence-electron chi connectivity index (χ0n) is 10.4. The lowest BCUT2D eigenvalue weighted by Crippen LogP contribution is -2.05. The normalized spacial score (nSPS) is 10.6. The van der Waals surface area contributed by atoms with Crippen LogP contribution in [-0.2, 0) is 13.6 Å². The van der Waals surface area contributed by atoms with E-state index in [-0.39, 0.29) is 21.4 Å². The second-order valence-corrected chi connectivity index (χ2v) is 4.89. The van der Waals surface area contributed by atoms with E-state index < -0.39 is 4.92 Å². The Bertz CT molecular complexity index is 671. The van der Waals surface area contributed by atoms with Crippen LogP contribution in [0.5, 0.6) is 0 Å². The van der Waals surface area contributed by atoms with E-state index in [1.807, 2.05) is 0 Å². The summed E-state index contributed by atoms with van der Waals surface area (Å²) in [5.74, 6) is 0.486. The lowest BCUT2D eigenvalue weighted by Gasteiger charge is -2.08. The number of nitro groups is 1. The number of hydrogen-bond acceptors (Lipinski definition) is 5. The molecule has 0 spiro atoms. The van der Waals surface area contributed by atoms with Crippen LogP contribution in [0.25, 0.3) is 0 Å². The average molecular weight is 316 g/mol. The Labute approximate surface area is 124 Å². The summed E-state index contributed by atoms with van der Waals surface area (Å²) in [4.78, 5) is 10.5. The predicted molar refractivity (Wildman–Crippen MR) is 78.1 cm³/mol. The minimum absolute atomic E-state index is 0.129. The van der Waals surface area contributed by atoms with Crippen LogP contribution in [0.3, 0.4) is 0 Å². The molecule has 0 unspecified atom stereocenters. The van der Waals surface area contributed by atoms with Gasteiger partial charge in [-0.3, -0.25) is 14.8 Å². The highest BCUT2D eigenvalue weighted by Crippen LogP contribution is 2.34. The molecular weight excluding hydrogens is 305 g/mol. The molecule has 7 nitrogen and oxygen atoms in total. The first kappa shape index (κ1) is 14.4. The maximum absolute atomic E-state index is 11.0. The third kappa shape index (κ3) is 2.78. The van der Waals surface area contributed by atoms with Crippen molar-refractivity contribution in [1.82, 2.24) is 9.78 Å². The Morgan fingerprint density at radius 2 is 2.10 bits per heavy atom. The molecule has 0 bridgehead atoms. The topological polar surface area (TPSA) is 99.0 Å². The van der Waals surface area contributed by atoms with Crippen LogP contribution in [0.15, 0.2) is 18.3 Å². The fraction of sp³-hybridized carbons (Fsp3) is 0.182. The van der Waals surface area contributed by atoms with Crippen LogP contribution >= 0.6 is 23.2 Å². The molecular formula is C11H11Cl2N5O2. The molecule has 0 radical (unpaired) electrons. The van der Waals surface area contributed by atoms with Crippen molar-refractivity contribution in [2.24, 2.45) is 7.05 Å². The Kier molecular flexibility index (Phi) is 4.01. The number of nitrogen functional groups attached to an aromatic ring is 1. The Morgan fingerprint density at radius 3 is 2.65 bits per heavy atom. The molecule has 0 atom stereocenters. The SMILES string of the molecule is Cn1ncc(CNc2cc(Cl)c(Cl)cc2[N+](=O)[O-])c1N. The van der Waals surface area contributed by atoms with E-state index >= 15 is 0 Å². The number of benzene rings is 1. The van der Waals surface area contributed by atoms with Crippen LogP contribution < -0.4 is 11.1 Å². The van der Waals surface area contributed by atoms with Gasteiger partial charge in [0.25, 0.3) is 5.69 Å². The van der Waals surface area contributed by atoms with Gasteiger partial charge in [-0.05, 0) is 6.07 Å². The van der Waals surface area contributed by atoms with Crippen LogP contribution in [-0.4, -0.2) is 14.7 Å². The van der Waals surface area contributed by atoms with Crippen LogP contribution in [0.2, 0.25) is 10.0 Å². The second kappa shape index (κ2) is 5.56. The molecule has 1 heterocycles. The molecule has 20 heavy (non-hydrogen) atoms. The van der Waals surface area contributed by atoms with Gasteiger partial charge in [-0.15, -0.1) is 0 Å². The van der Waals surface area contributed by atoms with Crippen molar-refractivity contribution >= 4 is 40.4 Å². The Morgan fingerprint density at radius 1 is 1.45 bits per heavy atom. The number of hydrogen-bond donors (Lipinski definition) is 2. The van der Waals surface area contributed by atoms with Crippen molar-refractivity contribution in [3.05, 3.63) is 44.1 Å². The highest BCUT2D eigenvalue weighted by Gasteiger charge is 2.17. The smallest absolute Gasteiger partial charge is 0.293 e. The highest BCUT2D eigenvalue weighted by atomic mass is 35.5. The second-order valence-electron chi connectivity index (χ2n) is 4.07. The van der Waals surface area contributed by atoms with Gasteiger partial charge in [-0.25, -0.2) is 0 Å². The molecule has 0 aliphatic carbocycles. The van der Waals surface area contributed by atoms with Gasteiger partial charge in [0.15, 0.2) is 0 Å². The van der Waals surface area contributed by atoms with Gasteiger partial charge in [0.1, 0.15) is 11.5 Å². The maximum Gasteiger partial charge on any atom is 0.293 e. The molecule has 0 fully saturated rings. The molecule has 3 N–H and O–H groups in total.